The molecular weight excluding hydrogens is 184 g/mol. The minimum absolute atomic E-state index is 0.588. The summed E-state index contributed by atoms with van der Waals surface area (Å²) in [4.78, 5) is 0. The molecule has 0 saturated carbocycles. The van der Waals surface area contributed by atoms with Gasteiger partial charge in [0, 0.05) is 6.42 Å². The monoisotopic (exact) mass is 212 g/mol. The Hall–Kier alpha value is -0.550. The van der Waals surface area contributed by atoms with Gasteiger partial charge in [-0.25, -0.2) is 0 Å². The SMILES string of the molecule is CC.CC.CC(CC#N)CC1CCNC1. The van der Waals surface area contributed by atoms with Gasteiger partial charge in [0.2, 0.25) is 0 Å². The van der Waals surface area contributed by atoms with Crippen LogP contribution in [0.15, 0.2) is 0 Å². The summed E-state index contributed by atoms with van der Waals surface area (Å²) in [7, 11) is 0. The second-order valence-electron chi connectivity index (χ2n) is 3.56. The average molecular weight is 212 g/mol. The summed E-state index contributed by atoms with van der Waals surface area (Å²) < 4.78 is 0. The van der Waals surface area contributed by atoms with Crippen LogP contribution >= 0.6 is 0 Å². The zero-order valence-electron chi connectivity index (χ0n) is 11.1. The van der Waals surface area contributed by atoms with Crippen LogP contribution in [0.1, 0.15) is 53.9 Å². The van der Waals surface area contributed by atoms with Crippen LogP contribution in [0.5, 0.6) is 0 Å². The lowest BCUT2D eigenvalue weighted by Gasteiger charge is -2.11. The highest BCUT2D eigenvalue weighted by Crippen LogP contribution is 2.19. The molecule has 0 radical (unpaired) electrons. The number of hydrogen-bond acceptors (Lipinski definition) is 2. The first-order valence-electron chi connectivity index (χ1n) is 6.40. The topological polar surface area (TPSA) is 35.8 Å². The van der Waals surface area contributed by atoms with Gasteiger partial charge in [0.15, 0.2) is 0 Å². The average Bonchev–Trinajstić information content (AvgIpc) is 2.77. The second-order valence-corrected chi connectivity index (χ2v) is 3.56. The van der Waals surface area contributed by atoms with Crippen molar-refractivity contribution in [3.8, 4) is 6.07 Å². The Labute approximate surface area is 96.1 Å². The van der Waals surface area contributed by atoms with Crippen molar-refractivity contribution in [1.82, 2.24) is 5.32 Å². The Balaban J connectivity index is 0. The van der Waals surface area contributed by atoms with Gasteiger partial charge in [-0.1, -0.05) is 34.6 Å². The van der Waals surface area contributed by atoms with Gasteiger partial charge in [-0.15, -0.1) is 0 Å². The van der Waals surface area contributed by atoms with Crippen molar-refractivity contribution in [3.05, 3.63) is 0 Å². The van der Waals surface area contributed by atoms with Crippen LogP contribution in [-0.4, -0.2) is 13.1 Å². The van der Waals surface area contributed by atoms with E-state index in [1.807, 2.05) is 27.7 Å². The predicted molar refractivity (Wildman–Crippen MR) is 67.7 cm³/mol. The molecule has 15 heavy (non-hydrogen) atoms. The van der Waals surface area contributed by atoms with Crippen LogP contribution in [0.2, 0.25) is 0 Å². The highest BCUT2D eigenvalue weighted by molar-refractivity contribution is 4.78. The van der Waals surface area contributed by atoms with E-state index in [1.165, 1.54) is 19.4 Å². The standard InChI is InChI=1S/C9H16N2.2C2H6/c1-8(2-4-10)6-9-3-5-11-7-9;2*1-2/h8-9,11H,2-3,5-7H2,1H3;2*1-2H3. The fourth-order valence-corrected chi connectivity index (χ4v) is 1.72. The molecule has 1 saturated heterocycles. The smallest absolute Gasteiger partial charge is 0.0624 e. The molecule has 0 aliphatic carbocycles. The normalized spacial score (nSPS) is 20.1. The summed E-state index contributed by atoms with van der Waals surface area (Å²) in [5.41, 5.74) is 0. The van der Waals surface area contributed by atoms with Crippen molar-refractivity contribution in [2.24, 2.45) is 11.8 Å². The molecule has 1 N–H and O–H groups in total. The van der Waals surface area contributed by atoms with Crippen molar-refractivity contribution < 1.29 is 0 Å². The summed E-state index contributed by atoms with van der Waals surface area (Å²) in [6.07, 6.45) is 3.24. The Morgan fingerprint density at radius 3 is 2.33 bits per heavy atom. The van der Waals surface area contributed by atoms with E-state index in [4.69, 9.17) is 5.26 Å². The van der Waals surface area contributed by atoms with E-state index in [1.54, 1.807) is 0 Å². The number of nitrogens with zero attached hydrogens (tertiary/aromatic N) is 1. The number of rotatable bonds is 3. The van der Waals surface area contributed by atoms with Crippen molar-refractivity contribution in [1.29, 1.82) is 5.26 Å². The fourth-order valence-electron chi connectivity index (χ4n) is 1.72. The van der Waals surface area contributed by atoms with Gasteiger partial charge in [0.25, 0.3) is 0 Å². The van der Waals surface area contributed by atoms with Gasteiger partial charge in [-0.3, -0.25) is 0 Å². The van der Waals surface area contributed by atoms with E-state index in [-0.39, 0.29) is 0 Å². The molecule has 2 unspecified atom stereocenters. The molecule has 0 bridgehead atoms. The third-order valence-electron chi connectivity index (χ3n) is 2.34. The van der Waals surface area contributed by atoms with Gasteiger partial charge in [0.1, 0.15) is 0 Å². The van der Waals surface area contributed by atoms with Crippen LogP contribution in [-0.2, 0) is 0 Å². The Morgan fingerprint density at radius 2 is 1.93 bits per heavy atom. The van der Waals surface area contributed by atoms with Gasteiger partial charge in [-0.2, -0.15) is 5.26 Å². The first-order valence-corrected chi connectivity index (χ1v) is 6.40. The van der Waals surface area contributed by atoms with E-state index in [2.05, 4.69) is 18.3 Å². The van der Waals surface area contributed by atoms with Gasteiger partial charge in [0.05, 0.1) is 6.07 Å². The van der Waals surface area contributed by atoms with Crippen LogP contribution < -0.4 is 5.32 Å². The van der Waals surface area contributed by atoms with Crippen LogP contribution in [0, 0.1) is 23.2 Å². The minimum Gasteiger partial charge on any atom is -0.316 e. The molecule has 90 valence electrons. The highest BCUT2D eigenvalue weighted by atomic mass is 14.9. The summed E-state index contributed by atoms with van der Waals surface area (Å²) in [5, 5.41) is 11.8. The first-order chi connectivity index (χ1) is 7.33. The maximum Gasteiger partial charge on any atom is 0.0624 e. The minimum atomic E-state index is 0.588. The molecule has 1 aliphatic heterocycles. The molecule has 0 aromatic rings. The number of hydrogen-bond donors (Lipinski definition) is 1. The summed E-state index contributed by atoms with van der Waals surface area (Å²) >= 11 is 0. The zero-order chi connectivity index (χ0) is 12.1. The predicted octanol–water partition coefficient (Wildman–Crippen LogP) is 3.59. The summed E-state index contributed by atoms with van der Waals surface area (Å²) in [6, 6.07) is 2.22. The zero-order valence-corrected chi connectivity index (χ0v) is 11.1. The Bertz CT molecular complexity index is 143. The van der Waals surface area contributed by atoms with E-state index >= 15 is 0 Å². The molecule has 0 amide bonds. The second kappa shape index (κ2) is 13.4. The van der Waals surface area contributed by atoms with Crippen molar-refractivity contribution >= 4 is 0 Å². The molecule has 0 spiro atoms. The van der Waals surface area contributed by atoms with Crippen molar-refractivity contribution in [2.75, 3.05) is 13.1 Å². The van der Waals surface area contributed by atoms with Crippen LogP contribution in [0.25, 0.3) is 0 Å². The number of nitriles is 1. The van der Waals surface area contributed by atoms with Gasteiger partial charge >= 0.3 is 0 Å². The van der Waals surface area contributed by atoms with Crippen molar-refractivity contribution in [2.45, 2.75) is 53.9 Å². The number of nitrogens with one attached hydrogen (secondary N) is 1. The first kappa shape index (κ1) is 16.9. The summed E-state index contributed by atoms with van der Waals surface area (Å²) in [6.45, 7) is 12.5. The van der Waals surface area contributed by atoms with Crippen LogP contribution in [0.3, 0.4) is 0 Å². The van der Waals surface area contributed by atoms with E-state index in [9.17, 15) is 0 Å². The van der Waals surface area contributed by atoms with E-state index < -0.39 is 0 Å². The molecule has 2 heteroatoms. The molecule has 1 fully saturated rings. The fraction of sp³-hybridized carbons (Fsp3) is 0.923. The molecule has 0 aromatic carbocycles. The third-order valence-corrected chi connectivity index (χ3v) is 2.34. The maximum atomic E-state index is 8.44. The lowest BCUT2D eigenvalue weighted by atomic mass is 9.93. The molecule has 0 aromatic heterocycles. The molecule has 1 aliphatic rings. The van der Waals surface area contributed by atoms with Gasteiger partial charge < -0.3 is 5.32 Å². The third kappa shape index (κ3) is 9.75. The quantitative estimate of drug-likeness (QED) is 0.776. The largest absolute Gasteiger partial charge is 0.316 e. The molecule has 1 heterocycles. The van der Waals surface area contributed by atoms with Crippen molar-refractivity contribution in [3.63, 3.8) is 0 Å². The lowest BCUT2D eigenvalue weighted by molar-refractivity contribution is 0.419. The summed E-state index contributed by atoms with van der Waals surface area (Å²) in [5.74, 6) is 1.42. The highest BCUT2D eigenvalue weighted by Gasteiger charge is 2.16. The molecule has 1 rings (SSSR count). The molecule has 2 nitrogen and oxygen atoms in total. The molecule has 2 atom stereocenters. The maximum absolute atomic E-state index is 8.44. The Kier molecular flexibility index (Phi) is 15.1. The van der Waals surface area contributed by atoms with E-state index in [0.717, 1.165) is 18.9 Å². The van der Waals surface area contributed by atoms with Gasteiger partial charge in [-0.05, 0) is 37.8 Å². The lowest BCUT2D eigenvalue weighted by Crippen LogP contribution is -2.11. The Morgan fingerprint density at radius 1 is 1.33 bits per heavy atom. The van der Waals surface area contributed by atoms with E-state index in [0.29, 0.717) is 5.92 Å². The molecular formula is C13H28N2. The van der Waals surface area contributed by atoms with Crippen LogP contribution in [0.4, 0.5) is 0 Å².